The molecule has 0 amide bonds. The third-order valence-electron chi connectivity index (χ3n) is 5.08. The Labute approximate surface area is 135 Å². The van der Waals surface area contributed by atoms with Crippen LogP contribution in [0.2, 0.25) is 0 Å². The lowest BCUT2D eigenvalue weighted by Gasteiger charge is -2.44. The SMILES string of the molecule is Cc1cccc(C)c1OC[C@H]1CCCN2CCCC[C@H]12.Cl. The van der Waals surface area contributed by atoms with Crippen LogP contribution in [0.4, 0.5) is 0 Å². The van der Waals surface area contributed by atoms with Gasteiger partial charge in [0.2, 0.25) is 0 Å². The number of piperidine rings is 2. The fourth-order valence-electron chi connectivity index (χ4n) is 3.99. The number of rotatable bonds is 3. The van der Waals surface area contributed by atoms with E-state index in [0.29, 0.717) is 0 Å². The summed E-state index contributed by atoms with van der Waals surface area (Å²) in [6.45, 7) is 7.81. The molecular weight excluding hydrogens is 282 g/mol. The second kappa shape index (κ2) is 7.51. The van der Waals surface area contributed by atoms with Crippen LogP contribution in [0.15, 0.2) is 18.2 Å². The normalized spacial score (nSPS) is 25.8. The number of halogens is 1. The molecule has 0 aliphatic carbocycles. The molecule has 2 aliphatic rings. The maximum Gasteiger partial charge on any atom is 0.125 e. The monoisotopic (exact) mass is 309 g/mol. The minimum atomic E-state index is 0. The van der Waals surface area contributed by atoms with E-state index in [9.17, 15) is 0 Å². The standard InChI is InChI=1S/C18H27NO.ClH/c1-14-7-5-8-15(2)18(14)20-13-16-9-6-12-19-11-4-3-10-17(16)19;/h5,7-8,16-17H,3-4,6,9-13H2,1-2H3;1H/t16-,17-;/m1./s1. The van der Waals surface area contributed by atoms with Crippen molar-refractivity contribution in [3.05, 3.63) is 29.3 Å². The predicted octanol–water partition coefficient (Wildman–Crippen LogP) is 4.37. The number of ether oxygens (including phenoxy) is 1. The van der Waals surface area contributed by atoms with Gasteiger partial charge in [0, 0.05) is 12.0 Å². The fraction of sp³-hybridized carbons (Fsp3) is 0.667. The summed E-state index contributed by atoms with van der Waals surface area (Å²) in [6.07, 6.45) is 6.85. The highest BCUT2D eigenvalue weighted by Gasteiger charge is 2.33. The number of fused-ring (bicyclic) bond motifs is 1. The molecule has 2 nitrogen and oxygen atoms in total. The van der Waals surface area contributed by atoms with Gasteiger partial charge >= 0.3 is 0 Å². The van der Waals surface area contributed by atoms with Gasteiger partial charge in [-0.1, -0.05) is 24.6 Å². The molecule has 118 valence electrons. The van der Waals surface area contributed by atoms with Gasteiger partial charge in [-0.3, -0.25) is 4.90 Å². The van der Waals surface area contributed by atoms with Crippen molar-refractivity contribution in [1.29, 1.82) is 0 Å². The highest BCUT2D eigenvalue weighted by Crippen LogP contribution is 2.32. The largest absolute Gasteiger partial charge is 0.493 e. The maximum atomic E-state index is 6.23. The van der Waals surface area contributed by atoms with Crippen LogP contribution < -0.4 is 4.74 Å². The van der Waals surface area contributed by atoms with Gasteiger partial charge in [-0.25, -0.2) is 0 Å². The Hall–Kier alpha value is -0.730. The van der Waals surface area contributed by atoms with Crippen LogP contribution in [0.25, 0.3) is 0 Å². The quantitative estimate of drug-likeness (QED) is 0.822. The van der Waals surface area contributed by atoms with Crippen LogP contribution in [0.3, 0.4) is 0 Å². The maximum absolute atomic E-state index is 6.23. The summed E-state index contributed by atoms with van der Waals surface area (Å²) in [7, 11) is 0. The number of nitrogens with zero attached hydrogens (tertiary/aromatic N) is 1. The van der Waals surface area contributed by atoms with Crippen molar-refractivity contribution >= 4 is 12.4 Å². The van der Waals surface area contributed by atoms with E-state index in [1.165, 1.54) is 56.3 Å². The van der Waals surface area contributed by atoms with Crippen LogP contribution in [0.5, 0.6) is 5.75 Å². The summed E-state index contributed by atoms with van der Waals surface area (Å²) in [5.41, 5.74) is 2.53. The fourth-order valence-corrected chi connectivity index (χ4v) is 3.99. The molecule has 0 bridgehead atoms. The van der Waals surface area contributed by atoms with E-state index in [4.69, 9.17) is 4.74 Å². The molecule has 2 saturated heterocycles. The Morgan fingerprint density at radius 3 is 2.52 bits per heavy atom. The Balaban J connectivity index is 0.00000161. The Bertz CT molecular complexity index is 440. The predicted molar refractivity (Wildman–Crippen MR) is 90.6 cm³/mol. The van der Waals surface area contributed by atoms with Crippen LogP contribution in [0, 0.1) is 19.8 Å². The van der Waals surface area contributed by atoms with E-state index >= 15 is 0 Å². The lowest BCUT2D eigenvalue weighted by atomic mass is 9.84. The minimum Gasteiger partial charge on any atom is -0.493 e. The van der Waals surface area contributed by atoms with Gasteiger partial charge < -0.3 is 4.74 Å². The van der Waals surface area contributed by atoms with Gasteiger partial charge in [-0.2, -0.15) is 0 Å². The van der Waals surface area contributed by atoms with Gasteiger partial charge in [0.15, 0.2) is 0 Å². The number of hydrogen-bond donors (Lipinski definition) is 0. The van der Waals surface area contributed by atoms with Crippen molar-refractivity contribution in [2.75, 3.05) is 19.7 Å². The molecular formula is C18H28ClNO. The van der Waals surface area contributed by atoms with Crippen molar-refractivity contribution in [2.24, 2.45) is 5.92 Å². The van der Waals surface area contributed by atoms with Gasteiger partial charge in [0.1, 0.15) is 5.75 Å². The zero-order chi connectivity index (χ0) is 13.9. The van der Waals surface area contributed by atoms with Crippen molar-refractivity contribution < 1.29 is 4.74 Å². The van der Waals surface area contributed by atoms with Crippen LogP contribution in [-0.4, -0.2) is 30.6 Å². The van der Waals surface area contributed by atoms with Crippen molar-refractivity contribution in [2.45, 2.75) is 52.0 Å². The van der Waals surface area contributed by atoms with Crippen molar-refractivity contribution in [3.8, 4) is 5.75 Å². The molecule has 3 rings (SSSR count). The van der Waals surface area contributed by atoms with E-state index in [0.717, 1.165) is 24.3 Å². The van der Waals surface area contributed by atoms with E-state index in [-0.39, 0.29) is 12.4 Å². The van der Waals surface area contributed by atoms with E-state index in [1.54, 1.807) is 0 Å². The van der Waals surface area contributed by atoms with Crippen molar-refractivity contribution in [1.82, 2.24) is 4.90 Å². The highest BCUT2D eigenvalue weighted by atomic mass is 35.5. The number of para-hydroxylation sites is 1. The third-order valence-corrected chi connectivity index (χ3v) is 5.08. The molecule has 0 unspecified atom stereocenters. The molecule has 0 radical (unpaired) electrons. The molecule has 21 heavy (non-hydrogen) atoms. The number of hydrogen-bond acceptors (Lipinski definition) is 2. The first-order valence-electron chi connectivity index (χ1n) is 8.19. The van der Waals surface area contributed by atoms with Gasteiger partial charge in [0.25, 0.3) is 0 Å². The van der Waals surface area contributed by atoms with E-state index in [2.05, 4.69) is 36.9 Å². The Kier molecular flexibility index (Phi) is 5.95. The molecule has 2 atom stereocenters. The summed E-state index contributed by atoms with van der Waals surface area (Å²) >= 11 is 0. The van der Waals surface area contributed by atoms with Gasteiger partial charge in [0.05, 0.1) is 6.61 Å². The number of benzene rings is 1. The van der Waals surface area contributed by atoms with E-state index < -0.39 is 0 Å². The van der Waals surface area contributed by atoms with Crippen LogP contribution >= 0.6 is 12.4 Å². The lowest BCUT2D eigenvalue weighted by Crippen LogP contribution is -2.49. The number of aryl methyl sites for hydroxylation is 2. The average molecular weight is 310 g/mol. The topological polar surface area (TPSA) is 12.5 Å². The summed E-state index contributed by atoms with van der Waals surface area (Å²) in [4.78, 5) is 2.71. The summed E-state index contributed by atoms with van der Waals surface area (Å²) in [6, 6.07) is 7.19. The van der Waals surface area contributed by atoms with E-state index in [1.807, 2.05) is 0 Å². The molecule has 2 fully saturated rings. The smallest absolute Gasteiger partial charge is 0.125 e. The average Bonchev–Trinajstić information content (AvgIpc) is 2.47. The first-order valence-corrected chi connectivity index (χ1v) is 8.19. The van der Waals surface area contributed by atoms with Crippen LogP contribution in [-0.2, 0) is 0 Å². The summed E-state index contributed by atoms with van der Waals surface area (Å²) in [5, 5.41) is 0. The molecule has 1 aromatic rings. The summed E-state index contributed by atoms with van der Waals surface area (Å²) in [5.74, 6) is 1.84. The first kappa shape index (κ1) is 16.6. The zero-order valence-corrected chi connectivity index (χ0v) is 14.1. The molecule has 0 N–H and O–H groups in total. The molecule has 3 heteroatoms. The van der Waals surface area contributed by atoms with Gasteiger partial charge in [-0.15, -0.1) is 12.4 Å². The minimum absolute atomic E-state index is 0. The second-order valence-corrected chi connectivity index (χ2v) is 6.53. The second-order valence-electron chi connectivity index (χ2n) is 6.53. The summed E-state index contributed by atoms with van der Waals surface area (Å²) < 4.78 is 6.23. The molecule has 2 heterocycles. The lowest BCUT2D eigenvalue weighted by molar-refractivity contribution is 0.0363. The molecule has 2 aliphatic heterocycles. The molecule has 0 spiro atoms. The Morgan fingerprint density at radius 2 is 1.76 bits per heavy atom. The first-order chi connectivity index (χ1) is 9.75. The molecule has 0 saturated carbocycles. The van der Waals surface area contributed by atoms with Crippen LogP contribution in [0.1, 0.15) is 43.2 Å². The highest BCUT2D eigenvalue weighted by molar-refractivity contribution is 5.85. The third kappa shape index (κ3) is 3.73. The molecule has 0 aromatic heterocycles. The Morgan fingerprint density at radius 1 is 1.05 bits per heavy atom. The molecule has 1 aromatic carbocycles. The van der Waals surface area contributed by atoms with Crippen molar-refractivity contribution in [3.63, 3.8) is 0 Å². The van der Waals surface area contributed by atoms with Gasteiger partial charge in [-0.05, 0) is 63.7 Å². The zero-order valence-electron chi connectivity index (χ0n) is 13.3.